The van der Waals surface area contributed by atoms with E-state index in [0.29, 0.717) is 0 Å². The average Bonchev–Trinajstić information content (AvgIpc) is 2.97. The second kappa shape index (κ2) is 3.75. The van der Waals surface area contributed by atoms with Crippen molar-refractivity contribution < 1.29 is 0 Å². The van der Waals surface area contributed by atoms with E-state index in [1.807, 2.05) is 0 Å². The van der Waals surface area contributed by atoms with Gasteiger partial charge in [-0.3, -0.25) is 0 Å². The predicted molar refractivity (Wildman–Crippen MR) is 67.1 cm³/mol. The van der Waals surface area contributed by atoms with Crippen LogP contribution in [0.15, 0.2) is 0 Å². The molecule has 6 atom stereocenters. The largest absolute Gasteiger partial charge is 0.0527 e. The van der Waals surface area contributed by atoms with Crippen LogP contribution in [0.1, 0.15) is 64.2 Å². The highest BCUT2D eigenvalue weighted by molar-refractivity contribution is 4.98. The van der Waals surface area contributed by atoms with Gasteiger partial charge in [-0.1, -0.05) is 25.7 Å². The zero-order valence-electron chi connectivity index (χ0n) is 10.5. The highest BCUT2D eigenvalue weighted by atomic mass is 14.5. The van der Waals surface area contributed by atoms with Crippen LogP contribution < -0.4 is 0 Å². The third kappa shape index (κ3) is 1.34. The molecule has 6 unspecified atom stereocenters. The Hall–Kier alpha value is 0. The van der Waals surface area contributed by atoms with Gasteiger partial charge in [0.05, 0.1) is 0 Å². The minimum absolute atomic E-state index is 1.17. The Morgan fingerprint density at radius 3 is 1.38 bits per heavy atom. The van der Waals surface area contributed by atoms with Crippen molar-refractivity contribution in [1.29, 1.82) is 0 Å². The summed E-state index contributed by atoms with van der Waals surface area (Å²) in [5, 5.41) is 0. The summed E-state index contributed by atoms with van der Waals surface area (Å²) in [6.07, 6.45) is 15.9. The third-order valence-corrected chi connectivity index (χ3v) is 6.83. The topological polar surface area (TPSA) is 0 Å². The first-order valence-corrected chi connectivity index (χ1v) is 7.93. The Labute approximate surface area is 100 Å². The van der Waals surface area contributed by atoms with Gasteiger partial charge in [-0.25, -0.2) is 0 Å². The summed E-state index contributed by atoms with van der Waals surface area (Å²) in [5.41, 5.74) is 0. The quantitative estimate of drug-likeness (QED) is 0.601. The Morgan fingerprint density at radius 1 is 0.375 bits per heavy atom. The normalized spacial score (nSPS) is 55.5. The van der Waals surface area contributed by atoms with E-state index in [-0.39, 0.29) is 0 Å². The molecule has 4 aliphatic carbocycles. The summed E-state index contributed by atoms with van der Waals surface area (Å²) in [6, 6.07) is 0. The first-order valence-electron chi connectivity index (χ1n) is 7.93. The van der Waals surface area contributed by atoms with Crippen molar-refractivity contribution in [2.24, 2.45) is 35.5 Å². The lowest BCUT2D eigenvalue weighted by Gasteiger charge is -2.29. The number of fused-ring (bicyclic) bond motifs is 2. The Balaban J connectivity index is 1.53. The molecule has 4 fully saturated rings. The Morgan fingerprint density at radius 2 is 0.875 bits per heavy atom. The summed E-state index contributed by atoms with van der Waals surface area (Å²) < 4.78 is 0. The van der Waals surface area contributed by atoms with Gasteiger partial charge in [0.25, 0.3) is 0 Å². The lowest BCUT2D eigenvalue weighted by Crippen LogP contribution is -2.23. The lowest BCUT2D eigenvalue weighted by atomic mass is 9.76. The minimum Gasteiger partial charge on any atom is -0.0527 e. The molecule has 0 heterocycles. The minimum atomic E-state index is 1.17. The lowest BCUT2D eigenvalue weighted by molar-refractivity contribution is 0.190. The van der Waals surface area contributed by atoms with E-state index in [0.717, 1.165) is 0 Å². The molecule has 0 N–H and O–H groups in total. The van der Waals surface area contributed by atoms with Crippen molar-refractivity contribution in [2.75, 3.05) is 0 Å². The molecule has 0 aromatic rings. The highest BCUT2D eigenvalue weighted by Crippen LogP contribution is 2.58. The van der Waals surface area contributed by atoms with E-state index in [1.165, 1.54) is 35.5 Å². The highest BCUT2D eigenvalue weighted by Gasteiger charge is 2.48. The molecule has 0 amide bonds. The van der Waals surface area contributed by atoms with Crippen molar-refractivity contribution >= 4 is 0 Å². The Bertz CT molecular complexity index is 241. The first-order chi connectivity index (χ1) is 7.93. The molecular weight excluding hydrogens is 192 g/mol. The molecule has 0 aromatic carbocycles. The molecule has 0 bridgehead atoms. The molecule has 0 nitrogen and oxygen atoms in total. The standard InChI is InChI=1S/C16H26/c1-3-11-7-9-15(13(11)5-1)16-10-8-12-4-2-6-14(12)16/h11-16H,1-10H2. The molecule has 0 aliphatic heterocycles. The van der Waals surface area contributed by atoms with Crippen molar-refractivity contribution in [2.45, 2.75) is 64.2 Å². The van der Waals surface area contributed by atoms with Crippen LogP contribution in [0.5, 0.6) is 0 Å². The zero-order chi connectivity index (χ0) is 10.5. The Kier molecular flexibility index (Phi) is 2.34. The molecule has 16 heavy (non-hydrogen) atoms. The maximum absolute atomic E-state index is 1.61. The molecule has 4 aliphatic rings. The second-order valence-electron chi connectivity index (χ2n) is 7.19. The summed E-state index contributed by atoms with van der Waals surface area (Å²) in [5.74, 6) is 7.07. The smallest absolute Gasteiger partial charge is 0.0352 e. The van der Waals surface area contributed by atoms with Gasteiger partial charge in [0, 0.05) is 0 Å². The van der Waals surface area contributed by atoms with E-state index in [1.54, 1.807) is 64.2 Å². The SMILES string of the molecule is C1CC2CCC(C3CCC4CCCC43)C2C1. The van der Waals surface area contributed by atoms with Crippen LogP contribution in [0.3, 0.4) is 0 Å². The second-order valence-corrected chi connectivity index (χ2v) is 7.19. The summed E-state index contributed by atoms with van der Waals surface area (Å²) in [7, 11) is 0. The van der Waals surface area contributed by atoms with E-state index >= 15 is 0 Å². The summed E-state index contributed by atoms with van der Waals surface area (Å²) in [4.78, 5) is 0. The van der Waals surface area contributed by atoms with Gasteiger partial charge < -0.3 is 0 Å². The average molecular weight is 218 g/mol. The zero-order valence-corrected chi connectivity index (χ0v) is 10.5. The molecule has 0 spiro atoms. The van der Waals surface area contributed by atoms with Crippen LogP contribution in [-0.2, 0) is 0 Å². The van der Waals surface area contributed by atoms with Gasteiger partial charge in [-0.2, -0.15) is 0 Å². The van der Waals surface area contributed by atoms with Crippen LogP contribution >= 0.6 is 0 Å². The molecular formula is C16H26. The number of hydrogen-bond acceptors (Lipinski definition) is 0. The van der Waals surface area contributed by atoms with E-state index in [4.69, 9.17) is 0 Å². The molecule has 4 rings (SSSR count). The van der Waals surface area contributed by atoms with Crippen LogP contribution in [0.4, 0.5) is 0 Å². The maximum atomic E-state index is 1.61. The molecule has 0 radical (unpaired) electrons. The number of rotatable bonds is 1. The monoisotopic (exact) mass is 218 g/mol. The molecule has 90 valence electrons. The van der Waals surface area contributed by atoms with Gasteiger partial charge in [0.15, 0.2) is 0 Å². The van der Waals surface area contributed by atoms with E-state index in [9.17, 15) is 0 Å². The van der Waals surface area contributed by atoms with Crippen LogP contribution in [0.25, 0.3) is 0 Å². The van der Waals surface area contributed by atoms with Crippen LogP contribution in [-0.4, -0.2) is 0 Å². The summed E-state index contributed by atoms with van der Waals surface area (Å²) in [6.45, 7) is 0. The van der Waals surface area contributed by atoms with Gasteiger partial charge in [0.1, 0.15) is 0 Å². The van der Waals surface area contributed by atoms with Crippen molar-refractivity contribution in [3.8, 4) is 0 Å². The summed E-state index contributed by atoms with van der Waals surface area (Å²) >= 11 is 0. The van der Waals surface area contributed by atoms with Crippen molar-refractivity contribution in [3.05, 3.63) is 0 Å². The fourth-order valence-corrected chi connectivity index (χ4v) is 6.28. The van der Waals surface area contributed by atoms with Gasteiger partial charge in [0.2, 0.25) is 0 Å². The molecule has 0 aromatic heterocycles. The van der Waals surface area contributed by atoms with Gasteiger partial charge >= 0.3 is 0 Å². The predicted octanol–water partition coefficient (Wildman–Crippen LogP) is 4.64. The van der Waals surface area contributed by atoms with Crippen LogP contribution in [0.2, 0.25) is 0 Å². The number of hydrogen-bond donors (Lipinski definition) is 0. The fraction of sp³-hybridized carbons (Fsp3) is 1.00. The fourth-order valence-electron chi connectivity index (χ4n) is 6.28. The molecule has 4 saturated carbocycles. The molecule has 0 saturated heterocycles. The maximum Gasteiger partial charge on any atom is -0.0352 e. The van der Waals surface area contributed by atoms with Gasteiger partial charge in [-0.15, -0.1) is 0 Å². The van der Waals surface area contributed by atoms with E-state index < -0.39 is 0 Å². The van der Waals surface area contributed by atoms with Crippen molar-refractivity contribution in [3.63, 3.8) is 0 Å². The molecule has 0 heteroatoms. The van der Waals surface area contributed by atoms with Crippen molar-refractivity contribution in [1.82, 2.24) is 0 Å². The van der Waals surface area contributed by atoms with E-state index in [2.05, 4.69) is 0 Å². The van der Waals surface area contributed by atoms with Crippen LogP contribution in [0, 0.1) is 35.5 Å². The third-order valence-electron chi connectivity index (χ3n) is 6.83. The van der Waals surface area contributed by atoms with Gasteiger partial charge in [-0.05, 0) is 74.0 Å². The first kappa shape index (κ1) is 9.97.